The van der Waals surface area contributed by atoms with Crippen molar-refractivity contribution in [3.05, 3.63) is 47.5 Å². The first-order valence-corrected chi connectivity index (χ1v) is 5.18. The zero-order chi connectivity index (χ0) is 11.7. The van der Waals surface area contributed by atoms with Crippen molar-refractivity contribution < 1.29 is 10.2 Å². The molecule has 0 fully saturated rings. The summed E-state index contributed by atoms with van der Waals surface area (Å²) >= 11 is 0. The van der Waals surface area contributed by atoms with Crippen molar-refractivity contribution in [3.8, 4) is 22.6 Å². The number of hydrogen-bond donors (Lipinski definition) is 2. The highest BCUT2D eigenvalue weighted by Crippen LogP contribution is 2.33. The van der Waals surface area contributed by atoms with E-state index in [0.717, 1.165) is 22.3 Å². The highest BCUT2D eigenvalue weighted by molar-refractivity contribution is 5.72. The Labute approximate surface area is 94.8 Å². The van der Waals surface area contributed by atoms with Crippen molar-refractivity contribution in [3.63, 3.8) is 0 Å². The van der Waals surface area contributed by atoms with Crippen molar-refractivity contribution in [2.24, 2.45) is 0 Å². The first kappa shape index (κ1) is 10.6. The van der Waals surface area contributed by atoms with E-state index in [-0.39, 0.29) is 5.75 Å². The van der Waals surface area contributed by atoms with Crippen LogP contribution in [0.1, 0.15) is 11.1 Å². The van der Waals surface area contributed by atoms with Crippen molar-refractivity contribution in [1.82, 2.24) is 0 Å². The van der Waals surface area contributed by atoms with Crippen LogP contribution in [0.5, 0.6) is 11.5 Å². The fraction of sp³-hybridized carbons (Fsp3) is 0.143. The van der Waals surface area contributed by atoms with Gasteiger partial charge in [0.2, 0.25) is 0 Å². The first-order valence-electron chi connectivity index (χ1n) is 5.18. The molecule has 2 nitrogen and oxygen atoms in total. The summed E-state index contributed by atoms with van der Waals surface area (Å²) in [6.45, 7) is 3.71. The molecule has 2 rings (SSSR count). The van der Waals surface area contributed by atoms with Gasteiger partial charge in [-0.3, -0.25) is 0 Å². The molecule has 2 heteroatoms. The number of aromatic hydroxyl groups is 2. The topological polar surface area (TPSA) is 40.5 Å². The maximum atomic E-state index is 9.95. The molecule has 0 spiro atoms. The van der Waals surface area contributed by atoms with E-state index in [0.29, 0.717) is 5.75 Å². The average Bonchev–Trinajstić information content (AvgIpc) is 2.26. The molecule has 0 aliphatic carbocycles. The minimum atomic E-state index is 0.274. The van der Waals surface area contributed by atoms with Gasteiger partial charge in [-0.2, -0.15) is 0 Å². The fourth-order valence-electron chi connectivity index (χ4n) is 1.71. The molecular formula is C14H14O2. The maximum absolute atomic E-state index is 9.95. The summed E-state index contributed by atoms with van der Waals surface area (Å²) in [5.74, 6) is 0.573. The quantitative estimate of drug-likeness (QED) is 0.764. The summed E-state index contributed by atoms with van der Waals surface area (Å²) in [5, 5.41) is 19.4. The van der Waals surface area contributed by atoms with Crippen LogP contribution in [-0.4, -0.2) is 10.2 Å². The molecule has 0 aliphatic rings. The number of hydrogen-bond acceptors (Lipinski definition) is 2. The minimum Gasteiger partial charge on any atom is -0.508 e. The molecule has 0 saturated carbocycles. The molecule has 0 bridgehead atoms. The summed E-state index contributed by atoms with van der Waals surface area (Å²) in [6, 6.07) is 11.0. The third-order valence-electron chi connectivity index (χ3n) is 2.75. The van der Waals surface area contributed by atoms with Crippen LogP contribution in [0.15, 0.2) is 36.4 Å². The van der Waals surface area contributed by atoms with Gasteiger partial charge in [-0.25, -0.2) is 0 Å². The smallest absolute Gasteiger partial charge is 0.126 e. The van der Waals surface area contributed by atoms with E-state index >= 15 is 0 Å². The number of phenols is 2. The van der Waals surface area contributed by atoms with Crippen molar-refractivity contribution in [1.29, 1.82) is 0 Å². The lowest BCUT2D eigenvalue weighted by Crippen LogP contribution is -1.83. The predicted molar refractivity (Wildman–Crippen MR) is 64.7 cm³/mol. The lowest BCUT2D eigenvalue weighted by molar-refractivity contribution is 0.470. The third kappa shape index (κ3) is 1.74. The fourth-order valence-corrected chi connectivity index (χ4v) is 1.71. The largest absolute Gasteiger partial charge is 0.508 e. The van der Waals surface area contributed by atoms with Gasteiger partial charge in [0.15, 0.2) is 0 Å². The maximum Gasteiger partial charge on any atom is 0.126 e. The second-order valence-electron chi connectivity index (χ2n) is 3.97. The Bertz CT molecular complexity index is 530. The van der Waals surface area contributed by atoms with Gasteiger partial charge in [-0.05, 0) is 42.7 Å². The van der Waals surface area contributed by atoms with E-state index in [1.165, 1.54) is 0 Å². The zero-order valence-electron chi connectivity index (χ0n) is 9.36. The summed E-state index contributed by atoms with van der Waals surface area (Å²) in [4.78, 5) is 0. The molecule has 0 unspecified atom stereocenters. The minimum absolute atomic E-state index is 0.274. The second kappa shape index (κ2) is 3.89. The number of phenolic OH excluding ortho intramolecular Hbond substituents is 2. The molecule has 0 aliphatic heterocycles. The molecule has 2 aromatic rings. The number of rotatable bonds is 1. The standard InChI is InChI=1S/C14H14O2/c1-9-4-3-5-12(14(9)16)11-6-7-13(15)10(2)8-11/h3-8,15-16H,1-2H3. The molecular weight excluding hydrogens is 200 g/mol. The first-order chi connectivity index (χ1) is 7.59. The SMILES string of the molecule is Cc1cc(-c2cccc(C)c2O)ccc1O. The van der Waals surface area contributed by atoms with E-state index in [1.54, 1.807) is 12.1 Å². The van der Waals surface area contributed by atoms with Crippen molar-refractivity contribution >= 4 is 0 Å². The molecule has 0 saturated heterocycles. The number of para-hydroxylation sites is 1. The van der Waals surface area contributed by atoms with Crippen molar-refractivity contribution in [2.45, 2.75) is 13.8 Å². The van der Waals surface area contributed by atoms with Gasteiger partial charge in [0.1, 0.15) is 11.5 Å². The molecule has 2 N–H and O–H groups in total. The summed E-state index contributed by atoms with van der Waals surface area (Å²) in [6.07, 6.45) is 0. The highest BCUT2D eigenvalue weighted by Gasteiger charge is 2.07. The van der Waals surface area contributed by atoms with Crippen LogP contribution < -0.4 is 0 Å². The monoisotopic (exact) mass is 214 g/mol. The van der Waals surface area contributed by atoms with Crippen LogP contribution >= 0.6 is 0 Å². The molecule has 0 radical (unpaired) electrons. The zero-order valence-corrected chi connectivity index (χ0v) is 9.36. The third-order valence-corrected chi connectivity index (χ3v) is 2.75. The van der Waals surface area contributed by atoms with Crippen molar-refractivity contribution in [2.75, 3.05) is 0 Å². The number of benzene rings is 2. The normalized spacial score (nSPS) is 10.4. The Morgan fingerprint density at radius 2 is 1.62 bits per heavy atom. The highest BCUT2D eigenvalue weighted by atomic mass is 16.3. The molecule has 0 heterocycles. The van der Waals surface area contributed by atoms with Gasteiger partial charge in [-0.15, -0.1) is 0 Å². The van der Waals surface area contributed by atoms with E-state index in [1.807, 2.05) is 38.1 Å². The number of aryl methyl sites for hydroxylation is 2. The van der Waals surface area contributed by atoms with Crippen LogP contribution in [0, 0.1) is 13.8 Å². The predicted octanol–water partition coefficient (Wildman–Crippen LogP) is 3.38. The molecule has 82 valence electrons. The molecule has 2 aromatic carbocycles. The van der Waals surface area contributed by atoms with E-state index < -0.39 is 0 Å². The Hall–Kier alpha value is -1.96. The van der Waals surface area contributed by atoms with Gasteiger partial charge in [-0.1, -0.05) is 24.3 Å². The second-order valence-corrected chi connectivity index (χ2v) is 3.97. The lowest BCUT2D eigenvalue weighted by Gasteiger charge is -2.08. The average molecular weight is 214 g/mol. The Balaban J connectivity index is 2.59. The van der Waals surface area contributed by atoms with Crippen LogP contribution in [0.2, 0.25) is 0 Å². The van der Waals surface area contributed by atoms with Gasteiger partial charge in [0.25, 0.3) is 0 Å². The van der Waals surface area contributed by atoms with Crippen LogP contribution in [0.4, 0.5) is 0 Å². The van der Waals surface area contributed by atoms with Gasteiger partial charge in [0, 0.05) is 5.56 Å². The van der Waals surface area contributed by atoms with Gasteiger partial charge in [0.05, 0.1) is 0 Å². The summed E-state index contributed by atoms with van der Waals surface area (Å²) in [7, 11) is 0. The Kier molecular flexibility index (Phi) is 2.57. The lowest BCUT2D eigenvalue weighted by atomic mass is 10.00. The molecule has 0 amide bonds. The molecule has 0 atom stereocenters. The molecule has 16 heavy (non-hydrogen) atoms. The van der Waals surface area contributed by atoms with E-state index in [4.69, 9.17) is 0 Å². The summed E-state index contributed by atoms with van der Waals surface area (Å²) < 4.78 is 0. The van der Waals surface area contributed by atoms with Gasteiger partial charge < -0.3 is 10.2 Å². The Morgan fingerprint density at radius 3 is 2.31 bits per heavy atom. The van der Waals surface area contributed by atoms with E-state index in [2.05, 4.69) is 0 Å². The van der Waals surface area contributed by atoms with Crippen LogP contribution in [0.25, 0.3) is 11.1 Å². The summed E-state index contributed by atoms with van der Waals surface area (Å²) in [5.41, 5.74) is 3.36. The van der Waals surface area contributed by atoms with Crippen LogP contribution in [0.3, 0.4) is 0 Å². The van der Waals surface area contributed by atoms with E-state index in [9.17, 15) is 10.2 Å². The van der Waals surface area contributed by atoms with Gasteiger partial charge >= 0.3 is 0 Å². The van der Waals surface area contributed by atoms with Crippen LogP contribution in [-0.2, 0) is 0 Å². The Morgan fingerprint density at radius 1 is 0.875 bits per heavy atom. The molecule has 0 aromatic heterocycles.